The highest BCUT2D eigenvalue weighted by atomic mass is 16.5. The van der Waals surface area contributed by atoms with Gasteiger partial charge in [0, 0.05) is 6.54 Å². The van der Waals surface area contributed by atoms with Crippen LogP contribution in [0.25, 0.3) is 0 Å². The van der Waals surface area contributed by atoms with Crippen LogP contribution in [0.1, 0.15) is 48.0 Å². The number of carbonyl (C=O) groups excluding carboxylic acids is 2. The molecule has 2 amide bonds. The van der Waals surface area contributed by atoms with Crippen LogP contribution in [0.2, 0.25) is 0 Å². The molecule has 1 heterocycles. The number of nitrogens with zero attached hydrogens (tertiary/aromatic N) is 1. The van der Waals surface area contributed by atoms with Gasteiger partial charge in [0.2, 0.25) is 11.8 Å². The molecule has 1 rings (SSSR count). The Morgan fingerprint density at radius 2 is 1.90 bits per heavy atom. The fourth-order valence-electron chi connectivity index (χ4n) is 2.44. The summed E-state index contributed by atoms with van der Waals surface area (Å²) in [5.74, 6) is 0.0388. The Bertz CT molecular complexity index is 361. The van der Waals surface area contributed by atoms with Crippen LogP contribution in [0.4, 0.5) is 0 Å². The zero-order chi connectivity index (χ0) is 15.5. The van der Waals surface area contributed by atoms with E-state index in [9.17, 15) is 9.59 Å². The predicted molar refractivity (Wildman–Crippen MR) is 78.3 cm³/mol. The molecule has 1 aliphatic rings. The van der Waals surface area contributed by atoms with Gasteiger partial charge in [-0.05, 0) is 33.1 Å². The summed E-state index contributed by atoms with van der Waals surface area (Å²) < 4.78 is 5.69. The van der Waals surface area contributed by atoms with Gasteiger partial charge in [0.25, 0.3) is 0 Å². The molecule has 2 atom stereocenters. The molecular formula is C15H28N2O3. The number of rotatable bonds is 5. The fourth-order valence-corrected chi connectivity index (χ4v) is 2.44. The SMILES string of the molecule is CCC1NC(=O)C(C(C)C)N(CCOC(C)(C)C)C1=O. The third-order valence-corrected chi connectivity index (χ3v) is 3.41. The fraction of sp³-hybridized carbons (Fsp3) is 0.867. The first kappa shape index (κ1) is 17.0. The van der Waals surface area contributed by atoms with Gasteiger partial charge < -0.3 is 15.0 Å². The first-order valence-electron chi connectivity index (χ1n) is 7.42. The van der Waals surface area contributed by atoms with Crippen LogP contribution in [0.3, 0.4) is 0 Å². The van der Waals surface area contributed by atoms with Gasteiger partial charge >= 0.3 is 0 Å². The van der Waals surface area contributed by atoms with Crippen LogP contribution in [0.15, 0.2) is 0 Å². The normalized spacial score (nSPS) is 24.2. The second-order valence-corrected chi connectivity index (χ2v) is 6.65. The summed E-state index contributed by atoms with van der Waals surface area (Å²) in [5, 5.41) is 2.81. The molecule has 5 nitrogen and oxygen atoms in total. The third-order valence-electron chi connectivity index (χ3n) is 3.41. The number of piperazine rings is 1. The van der Waals surface area contributed by atoms with Crippen molar-refractivity contribution in [3.05, 3.63) is 0 Å². The molecule has 0 saturated carbocycles. The van der Waals surface area contributed by atoms with E-state index in [1.807, 2.05) is 41.5 Å². The van der Waals surface area contributed by atoms with Gasteiger partial charge in [-0.15, -0.1) is 0 Å². The molecule has 1 saturated heterocycles. The Kier molecular flexibility index (Phi) is 5.57. The van der Waals surface area contributed by atoms with Crippen LogP contribution in [0.5, 0.6) is 0 Å². The summed E-state index contributed by atoms with van der Waals surface area (Å²) in [4.78, 5) is 26.3. The van der Waals surface area contributed by atoms with Gasteiger partial charge in [0.05, 0.1) is 12.2 Å². The molecule has 0 aromatic heterocycles. The first-order valence-corrected chi connectivity index (χ1v) is 7.42. The van der Waals surface area contributed by atoms with Crippen LogP contribution in [0, 0.1) is 5.92 Å². The topological polar surface area (TPSA) is 58.6 Å². The largest absolute Gasteiger partial charge is 0.374 e. The molecule has 0 radical (unpaired) electrons. The number of amides is 2. The van der Waals surface area contributed by atoms with Gasteiger partial charge in [0.1, 0.15) is 12.1 Å². The van der Waals surface area contributed by atoms with Crippen LogP contribution >= 0.6 is 0 Å². The lowest BCUT2D eigenvalue weighted by atomic mass is 9.96. The minimum atomic E-state index is -0.396. The summed E-state index contributed by atoms with van der Waals surface area (Å²) in [6, 6.07) is -0.791. The lowest BCUT2D eigenvalue weighted by Crippen LogP contribution is -2.65. The standard InChI is InChI=1S/C15H28N2O3/c1-7-11-14(19)17(8-9-20-15(4,5)6)12(10(2)3)13(18)16-11/h10-12H,7-9H2,1-6H3,(H,16,18). The quantitative estimate of drug-likeness (QED) is 0.833. The van der Waals surface area contributed by atoms with Crippen molar-refractivity contribution in [2.75, 3.05) is 13.2 Å². The molecule has 20 heavy (non-hydrogen) atoms. The molecule has 116 valence electrons. The van der Waals surface area contributed by atoms with E-state index >= 15 is 0 Å². The summed E-state index contributed by atoms with van der Waals surface area (Å²) in [5.41, 5.74) is -0.238. The second-order valence-electron chi connectivity index (χ2n) is 6.65. The van der Waals surface area contributed by atoms with Gasteiger partial charge in [-0.2, -0.15) is 0 Å². The molecular weight excluding hydrogens is 256 g/mol. The average molecular weight is 284 g/mol. The number of ether oxygens (including phenoxy) is 1. The maximum absolute atomic E-state index is 12.4. The Morgan fingerprint density at radius 3 is 2.35 bits per heavy atom. The van der Waals surface area contributed by atoms with Gasteiger partial charge in [-0.25, -0.2) is 0 Å². The van der Waals surface area contributed by atoms with Gasteiger partial charge in [0.15, 0.2) is 0 Å². The Morgan fingerprint density at radius 1 is 1.30 bits per heavy atom. The molecule has 1 fully saturated rings. The summed E-state index contributed by atoms with van der Waals surface area (Å²) in [6.07, 6.45) is 0.617. The third kappa shape index (κ3) is 4.20. The zero-order valence-corrected chi connectivity index (χ0v) is 13.5. The average Bonchev–Trinajstić information content (AvgIpc) is 2.30. The number of carbonyl (C=O) groups is 2. The number of hydrogen-bond donors (Lipinski definition) is 1. The molecule has 0 aromatic carbocycles. The van der Waals surface area contributed by atoms with Crippen molar-refractivity contribution in [1.82, 2.24) is 10.2 Å². The van der Waals surface area contributed by atoms with E-state index < -0.39 is 12.1 Å². The molecule has 0 aliphatic carbocycles. The molecule has 0 spiro atoms. The van der Waals surface area contributed by atoms with Crippen LogP contribution in [-0.2, 0) is 14.3 Å². The highest BCUT2D eigenvalue weighted by Crippen LogP contribution is 2.19. The molecule has 5 heteroatoms. The van der Waals surface area contributed by atoms with Crippen molar-refractivity contribution in [2.45, 2.75) is 65.6 Å². The molecule has 2 unspecified atom stereocenters. The predicted octanol–water partition coefficient (Wildman–Crippen LogP) is 1.56. The van der Waals surface area contributed by atoms with Crippen molar-refractivity contribution >= 4 is 11.8 Å². The number of hydrogen-bond acceptors (Lipinski definition) is 3. The highest BCUT2D eigenvalue weighted by molar-refractivity contribution is 5.97. The van der Waals surface area contributed by atoms with Gasteiger partial charge in [-0.1, -0.05) is 20.8 Å². The van der Waals surface area contributed by atoms with Crippen molar-refractivity contribution in [3.63, 3.8) is 0 Å². The summed E-state index contributed by atoms with van der Waals surface area (Å²) in [7, 11) is 0. The van der Waals surface area contributed by atoms with E-state index in [1.165, 1.54) is 0 Å². The summed E-state index contributed by atoms with van der Waals surface area (Å²) >= 11 is 0. The van der Waals surface area contributed by atoms with E-state index in [1.54, 1.807) is 4.90 Å². The maximum Gasteiger partial charge on any atom is 0.245 e. The van der Waals surface area contributed by atoms with Crippen molar-refractivity contribution in [3.8, 4) is 0 Å². The Balaban J connectivity index is 2.78. The minimum Gasteiger partial charge on any atom is -0.374 e. The zero-order valence-electron chi connectivity index (χ0n) is 13.5. The highest BCUT2D eigenvalue weighted by Gasteiger charge is 2.40. The lowest BCUT2D eigenvalue weighted by molar-refractivity contribution is -0.152. The van der Waals surface area contributed by atoms with Gasteiger partial charge in [-0.3, -0.25) is 9.59 Å². The molecule has 0 bridgehead atoms. The van der Waals surface area contributed by atoms with E-state index in [0.29, 0.717) is 19.6 Å². The maximum atomic E-state index is 12.4. The van der Waals surface area contributed by atoms with Crippen molar-refractivity contribution < 1.29 is 14.3 Å². The monoisotopic (exact) mass is 284 g/mol. The van der Waals surface area contributed by atoms with E-state index in [2.05, 4.69) is 5.32 Å². The smallest absolute Gasteiger partial charge is 0.245 e. The van der Waals surface area contributed by atoms with Crippen molar-refractivity contribution in [2.24, 2.45) is 5.92 Å². The Hall–Kier alpha value is -1.10. The van der Waals surface area contributed by atoms with E-state index in [-0.39, 0.29) is 23.3 Å². The lowest BCUT2D eigenvalue weighted by Gasteiger charge is -2.41. The molecule has 0 aromatic rings. The van der Waals surface area contributed by atoms with E-state index in [4.69, 9.17) is 4.74 Å². The van der Waals surface area contributed by atoms with Crippen LogP contribution < -0.4 is 5.32 Å². The number of nitrogens with one attached hydrogen (secondary N) is 1. The van der Waals surface area contributed by atoms with Crippen molar-refractivity contribution in [1.29, 1.82) is 0 Å². The molecule has 1 N–H and O–H groups in total. The van der Waals surface area contributed by atoms with Crippen LogP contribution in [-0.4, -0.2) is 47.6 Å². The second kappa shape index (κ2) is 6.57. The first-order chi connectivity index (χ1) is 9.17. The summed E-state index contributed by atoms with van der Waals surface area (Å²) in [6.45, 7) is 12.7. The minimum absolute atomic E-state index is 0.00306. The molecule has 1 aliphatic heterocycles. The Labute approximate surface area is 122 Å². The van der Waals surface area contributed by atoms with E-state index in [0.717, 1.165) is 0 Å².